The number of fused-ring (bicyclic) bond motifs is 1. The smallest absolute Gasteiger partial charge is 0.0645 e. The Morgan fingerprint density at radius 3 is 2.93 bits per heavy atom. The van der Waals surface area contributed by atoms with Crippen molar-refractivity contribution >= 4 is 0 Å². The second-order valence-electron chi connectivity index (χ2n) is 4.62. The average molecular weight is 203 g/mol. The van der Waals surface area contributed by atoms with Gasteiger partial charge in [-0.25, -0.2) is 0 Å². The van der Waals surface area contributed by atoms with Crippen LogP contribution in [0.4, 0.5) is 0 Å². The number of hydrogen-bond acceptors (Lipinski definition) is 2. The summed E-state index contributed by atoms with van der Waals surface area (Å²) in [5.74, 6) is 0. The van der Waals surface area contributed by atoms with Crippen LogP contribution in [0, 0.1) is 6.92 Å². The second kappa shape index (κ2) is 3.62. The van der Waals surface area contributed by atoms with Crippen molar-refractivity contribution in [2.45, 2.75) is 25.9 Å². The van der Waals surface area contributed by atoms with Gasteiger partial charge in [0.05, 0.1) is 19.3 Å². The lowest BCUT2D eigenvalue weighted by Crippen LogP contribution is -2.50. The maximum atomic E-state index is 5.26. The molecule has 0 N–H and O–H groups in total. The highest BCUT2D eigenvalue weighted by molar-refractivity contribution is 5.36. The Kier molecular flexibility index (Phi) is 2.26. The van der Waals surface area contributed by atoms with E-state index in [1.807, 2.05) is 0 Å². The van der Waals surface area contributed by atoms with Crippen LogP contribution in [-0.4, -0.2) is 30.7 Å². The van der Waals surface area contributed by atoms with Crippen molar-refractivity contribution in [1.82, 2.24) is 4.90 Å². The summed E-state index contributed by atoms with van der Waals surface area (Å²) >= 11 is 0. The third-order valence-electron chi connectivity index (χ3n) is 3.67. The van der Waals surface area contributed by atoms with E-state index >= 15 is 0 Å². The minimum absolute atomic E-state index is 0.679. The zero-order chi connectivity index (χ0) is 10.3. The van der Waals surface area contributed by atoms with Gasteiger partial charge in [-0.2, -0.15) is 0 Å². The molecule has 0 saturated carbocycles. The van der Waals surface area contributed by atoms with Crippen LogP contribution in [0.3, 0.4) is 0 Å². The zero-order valence-corrected chi connectivity index (χ0v) is 9.20. The standard InChI is InChI=1S/C13H17NO/c1-10-3-2-4-11-7-14(6-5-13(10)11)12-8-15-9-12/h2-4,12H,5-9H2,1H3. The first kappa shape index (κ1) is 9.37. The van der Waals surface area contributed by atoms with Crippen LogP contribution in [0.2, 0.25) is 0 Å². The second-order valence-corrected chi connectivity index (χ2v) is 4.62. The van der Waals surface area contributed by atoms with Crippen molar-refractivity contribution in [3.8, 4) is 0 Å². The Bertz CT molecular complexity index is 371. The van der Waals surface area contributed by atoms with E-state index in [4.69, 9.17) is 4.74 Å². The quantitative estimate of drug-likeness (QED) is 0.689. The van der Waals surface area contributed by atoms with Gasteiger partial charge in [-0.3, -0.25) is 4.90 Å². The zero-order valence-electron chi connectivity index (χ0n) is 9.20. The van der Waals surface area contributed by atoms with Crippen molar-refractivity contribution in [2.75, 3.05) is 19.8 Å². The molecule has 2 heterocycles. The normalized spacial score (nSPS) is 22.2. The molecule has 0 aliphatic carbocycles. The lowest BCUT2D eigenvalue weighted by atomic mass is 9.94. The number of rotatable bonds is 1. The van der Waals surface area contributed by atoms with Crippen molar-refractivity contribution in [2.24, 2.45) is 0 Å². The summed E-state index contributed by atoms with van der Waals surface area (Å²) in [6, 6.07) is 7.35. The molecule has 1 saturated heterocycles. The van der Waals surface area contributed by atoms with Gasteiger partial charge in [-0.15, -0.1) is 0 Å². The SMILES string of the molecule is Cc1cccc2c1CCN(C1COC1)C2. The molecule has 0 amide bonds. The van der Waals surface area contributed by atoms with E-state index < -0.39 is 0 Å². The third-order valence-corrected chi connectivity index (χ3v) is 3.67. The van der Waals surface area contributed by atoms with E-state index in [0.717, 1.165) is 19.8 Å². The molecule has 0 atom stereocenters. The average Bonchev–Trinajstić information content (AvgIpc) is 2.15. The van der Waals surface area contributed by atoms with Gasteiger partial charge in [0.15, 0.2) is 0 Å². The molecule has 0 radical (unpaired) electrons. The lowest BCUT2D eigenvalue weighted by Gasteiger charge is -2.40. The predicted molar refractivity (Wildman–Crippen MR) is 59.9 cm³/mol. The van der Waals surface area contributed by atoms with Crippen LogP contribution in [0.15, 0.2) is 18.2 Å². The number of benzene rings is 1. The molecule has 80 valence electrons. The molecule has 2 aliphatic rings. The number of ether oxygens (including phenoxy) is 1. The van der Waals surface area contributed by atoms with Crippen molar-refractivity contribution in [3.63, 3.8) is 0 Å². The van der Waals surface area contributed by atoms with Gasteiger partial charge in [-0.05, 0) is 30.0 Å². The molecule has 0 aromatic heterocycles. The molecule has 0 spiro atoms. The summed E-state index contributed by atoms with van der Waals surface area (Å²) in [7, 11) is 0. The van der Waals surface area contributed by atoms with E-state index in [1.165, 1.54) is 24.1 Å². The molecule has 1 fully saturated rings. The third kappa shape index (κ3) is 1.58. The van der Waals surface area contributed by atoms with E-state index in [-0.39, 0.29) is 0 Å². The van der Waals surface area contributed by atoms with Gasteiger partial charge in [0, 0.05) is 13.1 Å². The minimum Gasteiger partial charge on any atom is -0.378 e. The first-order valence-electron chi connectivity index (χ1n) is 5.74. The summed E-state index contributed by atoms with van der Waals surface area (Å²) < 4.78 is 5.26. The highest BCUT2D eigenvalue weighted by atomic mass is 16.5. The van der Waals surface area contributed by atoms with Crippen LogP contribution in [0.1, 0.15) is 16.7 Å². The molecule has 2 heteroatoms. The monoisotopic (exact) mass is 203 g/mol. The van der Waals surface area contributed by atoms with Crippen LogP contribution >= 0.6 is 0 Å². The first-order valence-corrected chi connectivity index (χ1v) is 5.74. The Balaban J connectivity index is 1.83. The minimum atomic E-state index is 0.679. The maximum absolute atomic E-state index is 5.26. The molecule has 3 rings (SSSR count). The highest BCUT2D eigenvalue weighted by Crippen LogP contribution is 2.25. The van der Waals surface area contributed by atoms with Gasteiger partial charge in [0.1, 0.15) is 0 Å². The fraction of sp³-hybridized carbons (Fsp3) is 0.538. The molecular formula is C13H17NO. The predicted octanol–water partition coefficient (Wildman–Crippen LogP) is 1.75. The van der Waals surface area contributed by atoms with E-state index in [0.29, 0.717) is 6.04 Å². The van der Waals surface area contributed by atoms with Crippen molar-refractivity contribution in [3.05, 3.63) is 34.9 Å². The molecule has 15 heavy (non-hydrogen) atoms. The number of nitrogens with zero attached hydrogens (tertiary/aromatic N) is 1. The highest BCUT2D eigenvalue weighted by Gasteiger charge is 2.28. The number of hydrogen-bond donors (Lipinski definition) is 0. The fourth-order valence-electron chi connectivity index (χ4n) is 2.57. The maximum Gasteiger partial charge on any atom is 0.0645 e. The van der Waals surface area contributed by atoms with Gasteiger partial charge in [0.2, 0.25) is 0 Å². The van der Waals surface area contributed by atoms with Crippen molar-refractivity contribution < 1.29 is 4.74 Å². The Labute approximate surface area is 90.8 Å². The van der Waals surface area contributed by atoms with Crippen LogP contribution < -0.4 is 0 Å². The van der Waals surface area contributed by atoms with E-state index in [2.05, 4.69) is 30.0 Å². The topological polar surface area (TPSA) is 12.5 Å². The number of aryl methyl sites for hydroxylation is 1. The molecule has 1 aromatic rings. The Hall–Kier alpha value is -0.860. The van der Waals surface area contributed by atoms with Gasteiger partial charge < -0.3 is 4.74 Å². The summed E-state index contributed by atoms with van der Waals surface area (Å²) in [6.07, 6.45) is 1.21. The van der Waals surface area contributed by atoms with Gasteiger partial charge in [0.25, 0.3) is 0 Å². The molecule has 2 nitrogen and oxygen atoms in total. The lowest BCUT2D eigenvalue weighted by molar-refractivity contribution is -0.0695. The van der Waals surface area contributed by atoms with Crippen LogP contribution in [-0.2, 0) is 17.7 Å². The van der Waals surface area contributed by atoms with Crippen molar-refractivity contribution in [1.29, 1.82) is 0 Å². The molecule has 2 aliphatic heterocycles. The summed E-state index contributed by atoms with van der Waals surface area (Å²) in [6.45, 7) is 6.40. The van der Waals surface area contributed by atoms with Gasteiger partial charge >= 0.3 is 0 Å². The Morgan fingerprint density at radius 1 is 1.33 bits per heavy atom. The molecular weight excluding hydrogens is 186 g/mol. The Morgan fingerprint density at radius 2 is 2.20 bits per heavy atom. The van der Waals surface area contributed by atoms with Crippen LogP contribution in [0.5, 0.6) is 0 Å². The first-order chi connectivity index (χ1) is 7.34. The molecule has 0 bridgehead atoms. The van der Waals surface area contributed by atoms with E-state index in [9.17, 15) is 0 Å². The molecule has 0 unspecified atom stereocenters. The largest absolute Gasteiger partial charge is 0.378 e. The van der Waals surface area contributed by atoms with Gasteiger partial charge in [-0.1, -0.05) is 18.2 Å². The molecule has 1 aromatic carbocycles. The van der Waals surface area contributed by atoms with E-state index in [1.54, 1.807) is 5.56 Å². The summed E-state index contributed by atoms with van der Waals surface area (Å²) in [4.78, 5) is 2.56. The summed E-state index contributed by atoms with van der Waals surface area (Å²) in [5.41, 5.74) is 4.55. The fourth-order valence-corrected chi connectivity index (χ4v) is 2.57. The van der Waals surface area contributed by atoms with Crippen LogP contribution in [0.25, 0.3) is 0 Å². The summed E-state index contributed by atoms with van der Waals surface area (Å²) in [5, 5.41) is 0.